The van der Waals surface area contributed by atoms with E-state index in [9.17, 15) is 0 Å². The summed E-state index contributed by atoms with van der Waals surface area (Å²) < 4.78 is 14.2. The Hall–Kier alpha value is -0.0800. The second-order valence-electron chi connectivity index (χ2n) is 1.28. The van der Waals surface area contributed by atoms with Crippen molar-refractivity contribution in [3.63, 3.8) is 0 Å². The summed E-state index contributed by atoms with van der Waals surface area (Å²) in [4.78, 5) is 0. The minimum Gasteiger partial charge on any atom is -0.314 e. The summed E-state index contributed by atoms with van der Waals surface area (Å²) in [5, 5.41) is 5.67. The lowest BCUT2D eigenvalue weighted by Gasteiger charge is -2.11. The Morgan fingerprint density at radius 3 is 2.33 bits per heavy atom. The Morgan fingerprint density at radius 2 is 2.00 bits per heavy atom. The molecule has 0 saturated carbocycles. The maximum absolute atomic E-state index is 7.12. The fourth-order valence-electron chi connectivity index (χ4n) is 0.453. The molecule has 0 aliphatic carbocycles. The summed E-state index contributed by atoms with van der Waals surface area (Å²) in [5.74, 6) is 0. The molecule has 0 aromatic carbocycles. The van der Waals surface area contributed by atoms with Gasteiger partial charge >= 0.3 is 0 Å². The van der Waals surface area contributed by atoms with Crippen molar-refractivity contribution < 1.29 is 2.74 Å². The summed E-state index contributed by atoms with van der Waals surface area (Å²) in [7, 11) is 0. The second-order valence-corrected chi connectivity index (χ2v) is 1.28. The minimum absolute atomic E-state index is 0.424. The van der Waals surface area contributed by atoms with Crippen molar-refractivity contribution >= 4 is 0 Å². The van der Waals surface area contributed by atoms with Crippen molar-refractivity contribution in [3.8, 4) is 0 Å². The molecule has 2 heteroatoms. The van der Waals surface area contributed by atoms with Crippen molar-refractivity contribution in [1.82, 2.24) is 10.6 Å². The van der Waals surface area contributed by atoms with Gasteiger partial charge in [-0.3, -0.25) is 0 Å². The molecule has 1 rings (SSSR count). The molecule has 0 atom stereocenters. The van der Waals surface area contributed by atoms with Crippen LogP contribution in [0.4, 0.5) is 0 Å². The predicted octanol–water partition coefficient (Wildman–Crippen LogP) is -0.821. The first-order valence-electron chi connectivity index (χ1n) is 3.16. The standard InChI is InChI=1S/C4H10N2/c1-2-6-4-3-5-1/h5-6H,1-4H2/i1D2. The van der Waals surface area contributed by atoms with E-state index in [1.54, 1.807) is 0 Å². The van der Waals surface area contributed by atoms with Crippen LogP contribution in [0.15, 0.2) is 0 Å². The summed E-state index contributed by atoms with van der Waals surface area (Å²) in [6, 6.07) is 0. The van der Waals surface area contributed by atoms with Crippen LogP contribution >= 0.6 is 0 Å². The highest BCUT2D eigenvalue weighted by atomic mass is 15.0. The molecule has 1 saturated heterocycles. The van der Waals surface area contributed by atoms with Crippen molar-refractivity contribution in [2.24, 2.45) is 0 Å². The van der Waals surface area contributed by atoms with Gasteiger partial charge in [-0.15, -0.1) is 0 Å². The Kier molecular flexibility index (Phi) is 0.821. The second kappa shape index (κ2) is 2.16. The van der Waals surface area contributed by atoms with E-state index in [0.717, 1.165) is 13.1 Å². The van der Waals surface area contributed by atoms with Gasteiger partial charge in [0.2, 0.25) is 0 Å². The molecule has 0 spiro atoms. The molecule has 1 heterocycles. The van der Waals surface area contributed by atoms with Crippen molar-refractivity contribution in [2.45, 2.75) is 0 Å². The molecule has 0 aromatic heterocycles. The number of hydrogen-bond acceptors (Lipinski definition) is 2. The van der Waals surface area contributed by atoms with E-state index in [2.05, 4.69) is 10.6 Å². The SMILES string of the molecule is [2H]C1([2H])CNCCN1. The molecule has 0 bridgehead atoms. The maximum Gasteiger partial charge on any atom is 0.0441 e. The zero-order valence-corrected chi connectivity index (χ0v) is 3.62. The van der Waals surface area contributed by atoms with Crippen LogP contribution in [0.2, 0.25) is 0 Å². The molecule has 0 radical (unpaired) electrons. The largest absolute Gasteiger partial charge is 0.314 e. The molecule has 36 valence electrons. The molecule has 1 aliphatic heterocycles. The normalized spacial score (nSPS) is 37.3. The molecule has 0 unspecified atom stereocenters. The van der Waals surface area contributed by atoms with Crippen molar-refractivity contribution in [3.05, 3.63) is 0 Å². The monoisotopic (exact) mass is 88.1 g/mol. The predicted molar refractivity (Wildman–Crippen MR) is 25.7 cm³/mol. The van der Waals surface area contributed by atoms with Gasteiger partial charge < -0.3 is 10.6 Å². The van der Waals surface area contributed by atoms with Gasteiger partial charge in [-0.1, -0.05) is 0 Å². The zero-order valence-electron chi connectivity index (χ0n) is 5.62. The lowest BCUT2D eigenvalue weighted by atomic mass is 10.4. The van der Waals surface area contributed by atoms with Crippen LogP contribution in [0.3, 0.4) is 0 Å². The Bertz CT molecular complexity index is 76.1. The molecular formula is C4H10N2. The Labute approximate surface area is 40.7 Å². The van der Waals surface area contributed by atoms with Crippen LogP contribution in [0, 0.1) is 0 Å². The average Bonchev–Trinajstić information content (AvgIpc) is 1.65. The van der Waals surface area contributed by atoms with Gasteiger partial charge in [-0.05, 0) is 0 Å². The highest BCUT2D eigenvalue weighted by Crippen LogP contribution is 1.65. The van der Waals surface area contributed by atoms with Crippen molar-refractivity contribution in [2.75, 3.05) is 26.1 Å². The van der Waals surface area contributed by atoms with E-state index >= 15 is 0 Å². The molecule has 6 heavy (non-hydrogen) atoms. The third-order valence-electron chi connectivity index (χ3n) is 0.765. The lowest BCUT2D eigenvalue weighted by Crippen LogP contribution is -2.39. The van der Waals surface area contributed by atoms with Crippen LogP contribution in [-0.4, -0.2) is 26.1 Å². The Balaban J connectivity index is 2.33. The fourth-order valence-corrected chi connectivity index (χ4v) is 0.453. The smallest absolute Gasteiger partial charge is 0.0441 e. The van der Waals surface area contributed by atoms with Crippen LogP contribution in [-0.2, 0) is 0 Å². The van der Waals surface area contributed by atoms with Crippen LogP contribution in [0.1, 0.15) is 2.74 Å². The first-order chi connectivity index (χ1) is 3.71. The third-order valence-corrected chi connectivity index (χ3v) is 0.765. The fraction of sp³-hybridized carbons (Fsp3) is 1.00. The molecular weight excluding hydrogens is 76.1 g/mol. The van der Waals surface area contributed by atoms with Crippen LogP contribution in [0.5, 0.6) is 0 Å². The minimum atomic E-state index is -1.18. The first-order valence-corrected chi connectivity index (χ1v) is 2.16. The summed E-state index contributed by atoms with van der Waals surface area (Å²) in [6.07, 6.45) is 0. The van der Waals surface area contributed by atoms with Crippen molar-refractivity contribution in [1.29, 1.82) is 0 Å². The van der Waals surface area contributed by atoms with E-state index in [1.807, 2.05) is 0 Å². The lowest BCUT2D eigenvalue weighted by molar-refractivity contribution is 0.534. The molecule has 1 aliphatic rings. The highest BCUT2D eigenvalue weighted by Gasteiger charge is 1.91. The summed E-state index contributed by atoms with van der Waals surface area (Å²) in [5.41, 5.74) is 0. The summed E-state index contributed by atoms with van der Waals surface area (Å²) in [6.45, 7) is 0.845. The van der Waals surface area contributed by atoms with Gasteiger partial charge in [0.25, 0.3) is 0 Å². The topological polar surface area (TPSA) is 24.1 Å². The van der Waals surface area contributed by atoms with E-state index in [0.29, 0.717) is 6.54 Å². The number of nitrogens with one attached hydrogen (secondary N) is 2. The molecule has 2 nitrogen and oxygen atoms in total. The Morgan fingerprint density at radius 1 is 1.17 bits per heavy atom. The third kappa shape index (κ3) is 0.954. The molecule has 0 aromatic rings. The number of rotatable bonds is 0. The van der Waals surface area contributed by atoms with E-state index in [1.165, 1.54) is 0 Å². The van der Waals surface area contributed by atoms with E-state index < -0.39 is 6.50 Å². The average molecular weight is 88.2 g/mol. The number of piperazine rings is 1. The summed E-state index contributed by atoms with van der Waals surface area (Å²) >= 11 is 0. The highest BCUT2D eigenvalue weighted by molar-refractivity contribution is 4.59. The molecule has 1 fully saturated rings. The van der Waals surface area contributed by atoms with Gasteiger partial charge in [0.1, 0.15) is 0 Å². The maximum atomic E-state index is 7.12. The van der Waals surface area contributed by atoms with Gasteiger partial charge in [0, 0.05) is 28.9 Å². The van der Waals surface area contributed by atoms with E-state index in [4.69, 9.17) is 2.74 Å². The molecule has 0 amide bonds. The zero-order chi connectivity index (χ0) is 6.04. The van der Waals surface area contributed by atoms with Gasteiger partial charge in [-0.2, -0.15) is 0 Å². The van der Waals surface area contributed by atoms with Gasteiger partial charge in [0.05, 0.1) is 0 Å². The first kappa shape index (κ1) is 2.28. The quantitative estimate of drug-likeness (QED) is 0.404. The van der Waals surface area contributed by atoms with Crippen LogP contribution in [0.25, 0.3) is 0 Å². The number of hydrogen-bond donors (Lipinski definition) is 2. The molecule has 2 N–H and O–H groups in total. The van der Waals surface area contributed by atoms with Gasteiger partial charge in [-0.25, -0.2) is 0 Å². The van der Waals surface area contributed by atoms with Crippen LogP contribution < -0.4 is 10.6 Å². The van der Waals surface area contributed by atoms with Gasteiger partial charge in [0.15, 0.2) is 0 Å². The van der Waals surface area contributed by atoms with E-state index in [-0.39, 0.29) is 0 Å².